The third-order valence-electron chi connectivity index (χ3n) is 3.37. The molecule has 2 amide bonds. The maximum atomic E-state index is 12.3. The SMILES string of the molecule is CCCCN(CC)C(=O)Cc1csc(NC(=O)c2cccs2)n1. The first-order valence-electron chi connectivity index (χ1n) is 7.71. The van der Waals surface area contributed by atoms with Crippen molar-refractivity contribution < 1.29 is 9.59 Å². The Morgan fingerprint density at radius 1 is 1.30 bits per heavy atom. The minimum absolute atomic E-state index is 0.0855. The zero-order valence-corrected chi connectivity index (χ0v) is 15.0. The maximum Gasteiger partial charge on any atom is 0.267 e. The number of nitrogens with zero attached hydrogens (tertiary/aromatic N) is 2. The van der Waals surface area contributed by atoms with E-state index in [2.05, 4.69) is 17.2 Å². The van der Waals surface area contributed by atoms with E-state index < -0.39 is 0 Å². The zero-order chi connectivity index (χ0) is 16.7. The molecule has 0 saturated carbocycles. The Kier molecular flexibility index (Phi) is 6.73. The maximum absolute atomic E-state index is 12.3. The second kappa shape index (κ2) is 8.79. The first kappa shape index (κ1) is 17.6. The number of amides is 2. The first-order chi connectivity index (χ1) is 11.1. The van der Waals surface area contributed by atoms with E-state index in [4.69, 9.17) is 0 Å². The quantitative estimate of drug-likeness (QED) is 0.790. The van der Waals surface area contributed by atoms with Gasteiger partial charge in [0.05, 0.1) is 17.0 Å². The van der Waals surface area contributed by atoms with E-state index in [1.165, 1.54) is 22.7 Å². The number of thiophene rings is 1. The monoisotopic (exact) mass is 351 g/mol. The second-order valence-corrected chi connectivity index (χ2v) is 6.88. The van der Waals surface area contributed by atoms with Crippen LogP contribution in [0.1, 0.15) is 42.1 Å². The third kappa shape index (κ3) is 5.14. The largest absolute Gasteiger partial charge is 0.343 e. The molecule has 0 aliphatic heterocycles. The Hall–Kier alpha value is -1.73. The molecule has 7 heteroatoms. The fraction of sp³-hybridized carbons (Fsp3) is 0.438. The molecule has 2 rings (SSSR count). The van der Waals surface area contributed by atoms with Gasteiger partial charge in [0.15, 0.2) is 5.13 Å². The molecule has 2 aromatic heterocycles. The number of thiazole rings is 1. The lowest BCUT2D eigenvalue weighted by Gasteiger charge is -2.20. The van der Waals surface area contributed by atoms with Crippen molar-refractivity contribution in [1.29, 1.82) is 0 Å². The smallest absolute Gasteiger partial charge is 0.267 e. The summed E-state index contributed by atoms with van der Waals surface area (Å²) >= 11 is 2.73. The van der Waals surface area contributed by atoms with Gasteiger partial charge in [-0.2, -0.15) is 0 Å². The average Bonchev–Trinajstić information content (AvgIpc) is 3.20. The van der Waals surface area contributed by atoms with Gasteiger partial charge in [-0.1, -0.05) is 19.4 Å². The Balaban J connectivity index is 1.91. The van der Waals surface area contributed by atoms with Gasteiger partial charge in [-0.15, -0.1) is 22.7 Å². The van der Waals surface area contributed by atoms with Crippen molar-refractivity contribution in [3.05, 3.63) is 33.5 Å². The molecule has 2 aromatic rings. The minimum Gasteiger partial charge on any atom is -0.343 e. The number of likely N-dealkylation sites (N-methyl/N-ethyl adjacent to an activating group) is 1. The summed E-state index contributed by atoms with van der Waals surface area (Å²) in [6.07, 6.45) is 2.36. The number of rotatable bonds is 8. The normalized spacial score (nSPS) is 10.5. The van der Waals surface area contributed by atoms with E-state index in [0.29, 0.717) is 22.2 Å². The lowest BCUT2D eigenvalue weighted by Crippen LogP contribution is -2.33. The van der Waals surface area contributed by atoms with Crippen LogP contribution in [0.4, 0.5) is 5.13 Å². The highest BCUT2D eigenvalue weighted by atomic mass is 32.1. The number of unbranched alkanes of at least 4 members (excludes halogenated alkanes) is 1. The van der Waals surface area contributed by atoms with E-state index >= 15 is 0 Å². The Bertz CT molecular complexity index is 638. The van der Waals surface area contributed by atoms with Gasteiger partial charge < -0.3 is 4.90 Å². The van der Waals surface area contributed by atoms with Gasteiger partial charge in [-0.3, -0.25) is 14.9 Å². The Morgan fingerprint density at radius 2 is 2.13 bits per heavy atom. The van der Waals surface area contributed by atoms with Gasteiger partial charge in [0.25, 0.3) is 5.91 Å². The number of anilines is 1. The Labute approximate surface area is 144 Å². The summed E-state index contributed by atoms with van der Waals surface area (Å²) in [5, 5.41) is 6.99. The van der Waals surface area contributed by atoms with E-state index in [1.807, 2.05) is 28.7 Å². The molecule has 0 unspecified atom stereocenters. The zero-order valence-electron chi connectivity index (χ0n) is 13.4. The summed E-state index contributed by atoms with van der Waals surface area (Å²) in [5.74, 6) is -0.0762. The predicted octanol–water partition coefficient (Wildman–Crippen LogP) is 3.65. The molecule has 124 valence electrons. The number of hydrogen-bond donors (Lipinski definition) is 1. The molecule has 2 heterocycles. The highest BCUT2D eigenvalue weighted by Gasteiger charge is 2.15. The average molecular weight is 351 g/mol. The lowest BCUT2D eigenvalue weighted by atomic mass is 10.2. The van der Waals surface area contributed by atoms with Gasteiger partial charge in [0.1, 0.15) is 0 Å². The summed E-state index contributed by atoms with van der Waals surface area (Å²) in [5.41, 5.74) is 0.705. The van der Waals surface area contributed by atoms with E-state index in [1.54, 1.807) is 6.07 Å². The van der Waals surface area contributed by atoms with Gasteiger partial charge in [-0.05, 0) is 24.8 Å². The molecular formula is C16H21N3O2S2. The molecule has 0 aromatic carbocycles. The number of aromatic nitrogens is 1. The van der Waals surface area contributed by atoms with Crippen molar-refractivity contribution in [2.45, 2.75) is 33.1 Å². The summed E-state index contributed by atoms with van der Waals surface area (Å²) in [6.45, 7) is 5.60. The van der Waals surface area contributed by atoms with E-state index in [0.717, 1.165) is 19.4 Å². The van der Waals surface area contributed by atoms with Gasteiger partial charge in [0, 0.05) is 18.5 Å². The van der Waals surface area contributed by atoms with Crippen LogP contribution >= 0.6 is 22.7 Å². The van der Waals surface area contributed by atoms with Crippen LogP contribution in [-0.4, -0.2) is 34.8 Å². The van der Waals surface area contributed by atoms with Crippen molar-refractivity contribution >= 4 is 39.6 Å². The number of nitrogens with one attached hydrogen (secondary N) is 1. The van der Waals surface area contributed by atoms with Crippen LogP contribution in [0, 0.1) is 0 Å². The highest BCUT2D eigenvalue weighted by molar-refractivity contribution is 7.14. The van der Waals surface area contributed by atoms with Crippen LogP contribution in [0.15, 0.2) is 22.9 Å². The molecule has 0 aliphatic rings. The van der Waals surface area contributed by atoms with Crippen molar-refractivity contribution in [2.24, 2.45) is 0 Å². The summed E-state index contributed by atoms with van der Waals surface area (Å²) in [6, 6.07) is 3.60. The number of carbonyl (C=O) groups excluding carboxylic acids is 2. The molecule has 0 bridgehead atoms. The van der Waals surface area contributed by atoms with Crippen LogP contribution < -0.4 is 5.32 Å². The summed E-state index contributed by atoms with van der Waals surface area (Å²) in [7, 11) is 0. The molecule has 0 fully saturated rings. The lowest BCUT2D eigenvalue weighted by molar-refractivity contribution is -0.130. The van der Waals surface area contributed by atoms with E-state index in [9.17, 15) is 9.59 Å². The summed E-state index contributed by atoms with van der Waals surface area (Å²) < 4.78 is 0. The fourth-order valence-corrected chi connectivity index (χ4v) is 3.41. The molecule has 1 N–H and O–H groups in total. The van der Waals surface area contributed by atoms with Crippen molar-refractivity contribution in [2.75, 3.05) is 18.4 Å². The molecule has 23 heavy (non-hydrogen) atoms. The van der Waals surface area contributed by atoms with Crippen LogP contribution in [0.5, 0.6) is 0 Å². The molecular weight excluding hydrogens is 330 g/mol. The standard InChI is InChI=1S/C16H21N3O2S2/c1-3-5-8-19(4-2)14(20)10-12-11-23-16(17-12)18-15(21)13-7-6-9-22-13/h6-7,9,11H,3-5,8,10H2,1-2H3,(H,17,18,21). The van der Waals surface area contributed by atoms with E-state index in [-0.39, 0.29) is 18.2 Å². The molecule has 0 radical (unpaired) electrons. The van der Waals surface area contributed by atoms with Crippen LogP contribution in [-0.2, 0) is 11.2 Å². The number of hydrogen-bond acceptors (Lipinski definition) is 5. The number of carbonyl (C=O) groups is 2. The van der Waals surface area contributed by atoms with Gasteiger partial charge in [-0.25, -0.2) is 4.98 Å². The third-order valence-corrected chi connectivity index (χ3v) is 5.04. The van der Waals surface area contributed by atoms with Crippen LogP contribution in [0.2, 0.25) is 0 Å². The topological polar surface area (TPSA) is 62.3 Å². The fourth-order valence-electron chi connectivity index (χ4n) is 2.09. The highest BCUT2D eigenvalue weighted by Crippen LogP contribution is 2.18. The molecule has 0 aliphatic carbocycles. The van der Waals surface area contributed by atoms with Crippen molar-refractivity contribution in [3.63, 3.8) is 0 Å². The van der Waals surface area contributed by atoms with Crippen LogP contribution in [0.3, 0.4) is 0 Å². The Morgan fingerprint density at radius 3 is 2.78 bits per heavy atom. The van der Waals surface area contributed by atoms with Gasteiger partial charge >= 0.3 is 0 Å². The molecule has 5 nitrogen and oxygen atoms in total. The van der Waals surface area contributed by atoms with Crippen LogP contribution in [0.25, 0.3) is 0 Å². The molecule has 0 spiro atoms. The minimum atomic E-state index is -0.162. The van der Waals surface area contributed by atoms with Crippen molar-refractivity contribution in [3.8, 4) is 0 Å². The molecule has 0 atom stereocenters. The van der Waals surface area contributed by atoms with Crippen molar-refractivity contribution in [1.82, 2.24) is 9.88 Å². The first-order valence-corrected chi connectivity index (χ1v) is 9.47. The predicted molar refractivity (Wildman–Crippen MR) is 95.3 cm³/mol. The molecule has 0 saturated heterocycles. The van der Waals surface area contributed by atoms with Gasteiger partial charge in [0.2, 0.25) is 5.91 Å². The summed E-state index contributed by atoms with van der Waals surface area (Å²) in [4.78, 5) is 31.1. The second-order valence-electron chi connectivity index (χ2n) is 5.08.